The maximum absolute atomic E-state index is 13.0. The summed E-state index contributed by atoms with van der Waals surface area (Å²) in [6, 6.07) is 23.6. The molecule has 0 bridgehead atoms. The Labute approximate surface area is 165 Å². The number of nitrogens with zero attached hydrogens (tertiary/aromatic N) is 2. The third-order valence-corrected chi connectivity index (χ3v) is 5.16. The average Bonchev–Trinajstić information content (AvgIpc) is 2.79. The Kier molecular flexibility index (Phi) is 5.66. The second-order valence-electron chi connectivity index (χ2n) is 7.08. The number of hydrogen-bond acceptors (Lipinski definition) is 3. The molecule has 3 aromatic rings. The van der Waals surface area contributed by atoms with Crippen molar-refractivity contribution < 1.29 is 9.53 Å². The highest BCUT2D eigenvalue weighted by Gasteiger charge is 2.28. The molecule has 0 radical (unpaired) electrons. The first-order valence-electron chi connectivity index (χ1n) is 9.80. The molecule has 0 saturated carbocycles. The second kappa shape index (κ2) is 8.70. The number of ether oxygens (including phenoxy) is 1. The Morgan fingerprint density at radius 2 is 1.71 bits per heavy atom. The Morgan fingerprint density at radius 3 is 2.43 bits per heavy atom. The van der Waals surface area contributed by atoms with Gasteiger partial charge in [0.25, 0.3) is 5.91 Å². The van der Waals surface area contributed by atoms with Crippen molar-refractivity contribution in [3.05, 3.63) is 95.7 Å². The van der Waals surface area contributed by atoms with Crippen LogP contribution in [0.5, 0.6) is 5.88 Å². The van der Waals surface area contributed by atoms with Gasteiger partial charge in [-0.05, 0) is 42.5 Å². The Balaban J connectivity index is 1.46. The summed E-state index contributed by atoms with van der Waals surface area (Å²) in [5.41, 5.74) is 2.92. The van der Waals surface area contributed by atoms with Crippen LogP contribution in [0.3, 0.4) is 0 Å². The highest BCUT2D eigenvalue weighted by molar-refractivity contribution is 5.94. The van der Waals surface area contributed by atoms with E-state index in [9.17, 15) is 4.79 Å². The van der Waals surface area contributed by atoms with Crippen molar-refractivity contribution in [1.82, 2.24) is 9.88 Å². The van der Waals surface area contributed by atoms with E-state index in [-0.39, 0.29) is 11.9 Å². The van der Waals surface area contributed by atoms with E-state index in [1.54, 1.807) is 0 Å². The van der Waals surface area contributed by atoms with Crippen LogP contribution in [0.25, 0.3) is 0 Å². The monoisotopic (exact) mass is 372 g/mol. The molecule has 0 aliphatic carbocycles. The molecule has 4 heteroatoms. The zero-order valence-electron chi connectivity index (χ0n) is 15.8. The number of rotatable bonds is 5. The topological polar surface area (TPSA) is 42.4 Å². The Hall–Kier alpha value is -3.14. The number of amides is 1. The summed E-state index contributed by atoms with van der Waals surface area (Å²) in [5.74, 6) is 0.694. The fraction of sp³-hybridized carbons (Fsp3) is 0.250. The lowest BCUT2D eigenvalue weighted by molar-refractivity contribution is 0.0611. The maximum Gasteiger partial charge on any atom is 0.254 e. The lowest BCUT2D eigenvalue weighted by atomic mass is 9.95. The second-order valence-corrected chi connectivity index (χ2v) is 7.08. The van der Waals surface area contributed by atoms with E-state index in [0.717, 1.165) is 42.5 Å². The first kappa shape index (κ1) is 18.2. The molecule has 1 aromatic heterocycles. The lowest BCUT2D eigenvalue weighted by Crippen LogP contribution is -2.38. The zero-order chi connectivity index (χ0) is 19.2. The van der Waals surface area contributed by atoms with E-state index in [1.807, 2.05) is 83.9 Å². The number of pyridine rings is 1. The molecule has 0 unspecified atom stereocenters. The van der Waals surface area contributed by atoms with Gasteiger partial charge in [0.05, 0.1) is 6.04 Å². The molecular weight excluding hydrogens is 348 g/mol. The minimum absolute atomic E-state index is 0.0668. The fourth-order valence-electron chi connectivity index (χ4n) is 3.67. The molecule has 1 fully saturated rings. The molecule has 2 heterocycles. The Morgan fingerprint density at radius 1 is 0.964 bits per heavy atom. The molecule has 1 amide bonds. The third-order valence-electron chi connectivity index (χ3n) is 5.16. The fourth-order valence-corrected chi connectivity index (χ4v) is 3.67. The highest BCUT2D eigenvalue weighted by Crippen LogP contribution is 2.32. The predicted molar refractivity (Wildman–Crippen MR) is 109 cm³/mol. The van der Waals surface area contributed by atoms with Crippen molar-refractivity contribution in [3.8, 4) is 5.88 Å². The highest BCUT2D eigenvalue weighted by atomic mass is 16.5. The van der Waals surface area contributed by atoms with Gasteiger partial charge in [-0.3, -0.25) is 4.79 Å². The van der Waals surface area contributed by atoms with E-state index in [1.165, 1.54) is 0 Å². The van der Waals surface area contributed by atoms with Gasteiger partial charge >= 0.3 is 0 Å². The van der Waals surface area contributed by atoms with Crippen LogP contribution in [-0.4, -0.2) is 22.3 Å². The van der Waals surface area contributed by atoms with Gasteiger partial charge in [-0.25, -0.2) is 4.98 Å². The van der Waals surface area contributed by atoms with Crippen LogP contribution >= 0.6 is 0 Å². The molecule has 2 aromatic carbocycles. The summed E-state index contributed by atoms with van der Waals surface area (Å²) in [5, 5.41) is 0. The van der Waals surface area contributed by atoms with Crippen molar-refractivity contribution in [2.75, 3.05) is 6.54 Å². The van der Waals surface area contributed by atoms with E-state index in [0.29, 0.717) is 12.5 Å². The number of carbonyl (C=O) groups is 1. The third kappa shape index (κ3) is 4.22. The first-order chi connectivity index (χ1) is 13.8. The summed E-state index contributed by atoms with van der Waals surface area (Å²) in [7, 11) is 0. The zero-order valence-corrected chi connectivity index (χ0v) is 15.8. The van der Waals surface area contributed by atoms with Crippen LogP contribution in [0.15, 0.2) is 79.0 Å². The predicted octanol–water partition coefficient (Wildman–Crippen LogP) is 5.03. The summed E-state index contributed by atoms with van der Waals surface area (Å²) >= 11 is 0. The van der Waals surface area contributed by atoms with Gasteiger partial charge in [-0.1, -0.05) is 54.6 Å². The van der Waals surface area contributed by atoms with Crippen molar-refractivity contribution in [1.29, 1.82) is 0 Å². The molecule has 1 aliphatic rings. The normalized spacial score (nSPS) is 16.6. The number of hydrogen-bond donors (Lipinski definition) is 0. The van der Waals surface area contributed by atoms with Crippen LogP contribution in [0.1, 0.15) is 46.8 Å². The van der Waals surface area contributed by atoms with Crippen molar-refractivity contribution in [3.63, 3.8) is 0 Å². The van der Waals surface area contributed by atoms with Crippen LogP contribution in [0.2, 0.25) is 0 Å². The molecule has 1 aliphatic heterocycles. The van der Waals surface area contributed by atoms with Gasteiger partial charge in [0.15, 0.2) is 0 Å². The maximum atomic E-state index is 13.0. The van der Waals surface area contributed by atoms with E-state index in [4.69, 9.17) is 4.74 Å². The Bertz CT molecular complexity index is 895. The molecule has 0 spiro atoms. The van der Waals surface area contributed by atoms with E-state index in [2.05, 4.69) is 4.98 Å². The van der Waals surface area contributed by atoms with Crippen molar-refractivity contribution >= 4 is 5.91 Å². The van der Waals surface area contributed by atoms with E-state index < -0.39 is 0 Å². The van der Waals surface area contributed by atoms with Crippen molar-refractivity contribution in [2.24, 2.45) is 0 Å². The molecule has 4 rings (SSSR count). The molecule has 28 heavy (non-hydrogen) atoms. The number of benzene rings is 2. The van der Waals surface area contributed by atoms with Gasteiger partial charge in [-0.2, -0.15) is 0 Å². The molecule has 1 saturated heterocycles. The van der Waals surface area contributed by atoms with Gasteiger partial charge in [0.1, 0.15) is 6.61 Å². The molecule has 4 nitrogen and oxygen atoms in total. The van der Waals surface area contributed by atoms with Crippen molar-refractivity contribution in [2.45, 2.75) is 31.9 Å². The molecule has 0 N–H and O–H groups in total. The standard InChI is InChI=1S/C24H24N2O2/c27-24(20-11-5-2-6-12-20)26-16-8-7-13-22(26)21-14-15-23(25-17-21)28-18-19-9-3-1-4-10-19/h1-6,9-12,14-15,17,22H,7-8,13,16,18H2/t22-/m0/s1. The SMILES string of the molecule is O=C(c1ccccc1)N1CCCC[C@H]1c1ccc(OCc2ccccc2)nc1. The van der Waals surface area contributed by atoms with Crippen LogP contribution < -0.4 is 4.74 Å². The first-order valence-corrected chi connectivity index (χ1v) is 9.80. The van der Waals surface area contributed by atoms with Gasteiger partial charge in [-0.15, -0.1) is 0 Å². The van der Waals surface area contributed by atoms with Gasteiger partial charge in [0, 0.05) is 24.4 Å². The summed E-state index contributed by atoms with van der Waals surface area (Å²) in [6.07, 6.45) is 4.97. The van der Waals surface area contributed by atoms with Crippen LogP contribution in [-0.2, 0) is 6.61 Å². The van der Waals surface area contributed by atoms with Crippen LogP contribution in [0.4, 0.5) is 0 Å². The van der Waals surface area contributed by atoms with Gasteiger partial charge in [0.2, 0.25) is 5.88 Å². The summed E-state index contributed by atoms with van der Waals surface area (Å²) < 4.78 is 5.79. The average molecular weight is 372 g/mol. The van der Waals surface area contributed by atoms with Gasteiger partial charge < -0.3 is 9.64 Å². The number of aromatic nitrogens is 1. The van der Waals surface area contributed by atoms with E-state index >= 15 is 0 Å². The molecular formula is C24H24N2O2. The number of likely N-dealkylation sites (tertiary alicyclic amines) is 1. The largest absolute Gasteiger partial charge is 0.473 e. The number of piperidine rings is 1. The smallest absolute Gasteiger partial charge is 0.254 e. The van der Waals surface area contributed by atoms with Crippen LogP contribution in [0, 0.1) is 0 Å². The minimum atomic E-state index is 0.0668. The quantitative estimate of drug-likeness (QED) is 0.631. The summed E-state index contributed by atoms with van der Waals surface area (Å²) in [4.78, 5) is 19.5. The lowest BCUT2D eigenvalue weighted by Gasteiger charge is -2.36. The number of carbonyl (C=O) groups excluding carboxylic acids is 1. The summed E-state index contributed by atoms with van der Waals surface area (Å²) in [6.45, 7) is 1.28. The molecule has 1 atom stereocenters. The minimum Gasteiger partial charge on any atom is -0.473 e. The molecule has 142 valence electrons.